The maximum Gasteiger partial charge on any atom is 0.261 e. The van der Waals surface area contributed by atoms with Crippen LogP contribution in [0.5, 0.6) is 5.75 Å². The van der Waals surface area contributed by atoms with Crippen LogP contribution in [0.15, 0.2) is 83.8 Å². The molecule has 178 valence electrons. The van der Waals surface area contributed by atoms with Crippen LogP contribution in [0.3, 0.4) is 0 Å². The molecule has 0 aliphatic carbocycles. The van der Waals surface area contributed by atoms with Gasteiger partial charge in [0.2, 0.25) is 0 Å². The standard InChI is InChI=1S/C26H29N3O4S/c1-3-33-23-13-11-22(12-14-23)27-34(31,32)24-15-9-21(10-16-24)26(30)29-18-17-28(2)19-25(29)20-7-5-4-6-8-20/h4-16,25,27H,3,17-19H2,1-2H3. The van der Waals surface area contributed by atoms with Crippen LogP contribution in [0.4, 0.5) is 5.69 Å². The molecule has 7 nitrogen and oxygen atoms in total. The number of rotatable bonds is 7. The first-order valence-corrected chi connectivity index (χ1v) is 12.8. The van der Waals surface area contributed by atoms with Crippen LogP contribution >= 0.6 is 0 Å². The molecule has 0 radical (unpaired) electrons. The lowest BCUT2D eigenvalue weighted by Gasteiger charge is -2.40. The van der Waals surface area contributed by atoms with Crippen molar-refractivity contribution in [3.8, 4) is 5.75 Å². The first-order chi connectivity index (χ1) is 16.4. The molecule has 0 saturated carbocycles. The van der Waals surface area contributed by atoms with Gasteiger partial charge < -0.3 is 14.5 Å². The molecule has 0 spiro atoms. The minimum atomic E-state index is -3.79. The Morgan fingerprint density at radius 3 is 2.29 bits per heavy atom. The van der Waals surface area contributed by atoms with Crippen molar-refractivity contribution in [2.45, 2.75) is 17.9 Å². The number of sulfonamides is 1. The Morgan fingerprint density at radius 2 is 1.65 bits per heavy atom. The van der Waals surface area contributed by atoms with Crippen molar-refractivity contribution in [3.05, 3.63) is 90.0 Å². The van der Waals surface area contributed by atoms with Gasteiger partial charge in [-0.1, -0.05) is 30.3 Å². The van der Waals surface area contributed by atoms with Crippen LogP contribution < -0.4 is 9.46 Å². The maximum atomic E-state index is 13.4. The summed E-state index contributed by atoms with van der Waals surface area (Å²) in [7, 11) is -1.74. The van der Waals surface area contributed by atoms with Gasteiger partial charge in [-0.3, -0.25) is 9.52 Å². The van der Waals surface area contributed by atoms with E-state index in [2.05, 4.69) is 16.7 Å². The van der Waals surface area contributed by atoms with E-state index in [0.29, 0.717) is 30.2 Å². The third-order valence-corrected chi connectivity index (χ3v) is 7.25. The van der Waals surface area contributed by atoms with Gasteiger partial charge >= 0.3 is 0 Å². The largest absolute Gasteiger partial charge is 0.494 e. The molecular formula is C26H29N3O4S. The number of hydrogen-bond acceptors (Lipinski definition) is 5. The molecule has 0 bridgehead atoms. The van der Waals surface area contributed by atoms with E-state index in [1.54, 1.807) is 36.4 Å². The topological polar surface area (TPSA) is 78.9 Å². The van der Waals surface area contributed by atoms with Crippen molar-refractivity contribution < 1.29 is 17.9 Å². The predicted molar refractivity (Wildman–Crippen MR) is 133 cm³/mol. The highest BCUT2D eigenvalue weighted by molar-refractivity contribution is 7.92. The fourth-order valence-corrected chi connectivity index (χ4v) is 5.12. The average Bonchev–Trinajstić information content (AvgIpc) is 2.85. The summed E-state index contributed by atoms with van der Waals surface area (Å²) < 4.78 is 33.6. The molecule has 1 heterocycles. The summed E-state index contributed by atoms with van der Waals surface area (Å²) in [6.45, 7) is 4.56. The van der Waals surface area contributed by atoms with Crippen LogP contribution in [0.2, 0.25) is 0 Å². The Morgan fingerprint density at radius 1 is 0.971 bits per heavy atom. The maximum absolute atomic E-state index is 13.4. The van der Waals surface area contributed by atoms with E-state index in [1.165, 1.54) is 12.1 Å². The molecule has 1 saturated heterocycles. The lowest BCUT2D eigenvalue weighted by molar-refractivity contribution is 0.0498. The number of carbonyl (C=O) groups is 1. The van der Waals surface area contributed by atoms with Crippen molar-refractivity contribution in [3.63, 3.8) is 0 Å². The van der Waals surface area contributed by atoms with Crippen molar-refractivity contribution in [1.29, 1.82) is 0 Å². The summed E-state index contributed by atoms with van der Waals surface area (Å²) >= 11 is 0. The molecule has 1 aliphatic rings. The van der Waals surface area contributed by atoms with Crippen molar-refractivity contribution in [2.24, 2.45) is 0 Å². The Bertz CT molecular complexity index is 1210. The van der Waals surface area contributed by atoms with Crippen molar-refractivity contribution >= 4 is 21.6 Å². The van der Waals surface area contributed by atoms with Crippen LogP contribution in [-0.4, -0.2) is 57.4 Å². The molecule has 0 aromatic heterocycles. The zero-order valence-corrected chi connectivity index (χ0v) is 20.2. The molecule has 8 heteroatoms. The summed E-state index contributed by atoms with van der Waals surface area (Å²) in [5.41, 5.74) is 1.98. The van der Waals surface area contributed by atoms with Gasteiger partial charge in [-0.15, -0.1) is 0 Å². The van der Waals surface area contributed by atoms with Crippen LogP contribution in [0, 0.1) is 0 Å². The highest BCUT2D eigenvalue weighted by atomic mass is 32.2. The third-order valence-electron chi connectivity index (χ3n) is 5.86. The lowest BCUT2D eigenvalue weighted by atomic mass is 10.0. The molecule has 1 amide bonds. The van der Waals surface area contributed by atoms with E-state index in [4.69, 9.17) is 4.74 Å². The molecule has 1 aliphatic heterocycles. The summed E-state index contributed by atoms with van der Waals surface area (Å²) in [5, 5.41) is 0. The molecule has 1 N–H and O–H groups in total. The summed E-state index contributed by atoms with van der Waals surface area (Å²) in [6, 6.07) is 22.7. The number of nitrogens with one attached hydrogen (secondary N) is 1. The van der Waals surface area contributed by atoms with Gasteiger partial charge in [-0.05, 0) is 68.1 Å². The highest BCUT2D eigenvalue weighted by Gasteiger charge is 2.31. The normalized spacial score (nSPS) is 16.8. The molecule has 4 rings (SSSR count). The molecule has 1 unspecified atom stereocenters. The minimum Gasteiger partial charge on any atom is -0.494 e. The van der Waals surface area contributed by atoms with Gasteiger partial charge in [-0.25, -0.2) is 8.42 Å². The van der Waals surface area contributed by atoms with E-state index in [1.807, 2.05) is 42.2 Å². The monoisotopic (exact) mass is 479 g/mol. The minimum absolute atomic E-state index is 0.0582. The predicted octanol–water partition coefficient (Wildman–Crippen LogP) is 4.02. The first kappa shape index (κ1) is 23.8. The molecule has 1 fully saturated rings. The number of nitrogens with zero attached hydrogens (tertiary/aromatic N) is 2. The van der Waals surface area contributed by atoms with E-state index in [-0.39, 0.29) is 16.8 Å². The summed E-state index contributed by atoms with van der Waals surface area (Å²) in [6.07, 6.45) is 0. The van der Waals surface area contributed by atoms with Gasteiger partial charge in [0, 0.05) is 30.9 Å². The van der Waals surface area contributed by atoms with Crippen molar-refractivity contribution in [1.82, 2.24) is 9.80 Å². The smallest absolute Gasteiger partial charge is 0.261 e. The fraction of sp³-hybridized carbons (Fsp3) is 0.269. The van der Waals surface area contributed by atoms with Crippen LogP contribution in [0.1, 0.15) is 28.9 Å². The van der Waals surface area contributed by atoms with E-state index < -0.39 is 10.0 Å². The number of anilines is 1. The number of carbonyl (C=O) groups excluding carboxylic acids is 1. The second-order valence-electron chi connectivity index (χ2n) is 8.27. The summed E-state index contributed by atoms with van der Waals surface area (Å²) in [5.74, 6) is 0.566. The number of piperazine rings is 1. The van der Waals surface area contributed by atoms with Crippen LogP contribution in [0.25, 0.3) is 0 Å². The summed E-state index contributed by atoms with van der Waals surface area (Å²) in [4.78, 5) is 17.5. The Balaban J connectivity index is 1.50. The Hall–Kier alpha value is -3.36. The van der Waals surface area contributed by atoms with Gasteiger partial charge in [0.15, 0.2) is 0 Å². The number of hydrogen-bond donors (Lipinski definition) is 1. The molecule has 3 aromatic rings. The van der Waals surface area contributed by atoms with Gasteiger partial charge in [0.25, 0.3) is 15.9 Å². The lowest BCUT2D eigenvalue weighted by Crippen LogP contribution is -2.49. The van der Waals surface area contributed by atoms with Crippen molar-refractivity contribution in [2.75, 3.05) is 38.0 Å². The molecular weight excluding hydrogens is 450 g/mol. The Kier molecular flexibility index (Phi) is 7.19. The Labute approximate surface area is 201 Å². The zero-order valence-electron chi connectivity index (χ0n) is 19.3. The zero-order chi connectivity index (χ0) is 24.1. The fourth-order valence-electron chi connectivity index (χ4n) is 4.07. The van der Waals surface area contributed by atoms with E-state index >= 15 is 0 Å². The third kappa shape index (κ3) is 5.40. The molecule has 34 heavy (non-hydrogen) atoms. The highest BCUT2D eigenvalue weighted by Crippen LogP contribution is 2.27. The SMILES string of the molecule is CCOc1ccc(NS(=O)(=O)c2ccc(C(=O)N3CCN(C)CC3c3ccccc3)cc2)cc1. The number of benzene rings is 3. The van der Waals surface area contributed by atoms with Crippen LogP contribution in [-0.2, 0) is 10.0 Å². The molecule has 3 aromatic carbocycles. The second-order valence-corrected chi connectivity index (χ2v) is 9.96. The van der Waals surface area contributed by atoms with E-state index in [9.17, 15) is 13.2 Å². The first-order valence-electron chi connectivity index (χ1n) is 11.3. The van der Waals surface area contributed by atoms with Gasteiger partial charge in [0.1, 0.15) is 5.75 Å². The number of amides is 1. The van der Waals surface area contributed by atoms with Gasteiger partial charge in [-0.2, -0.15) is 0 Å². The number of ether oxygens (including phenoxy) is 1. The molecule has 1 atom stereocenters. The van der Waals surface area contributed by atoms with E-state index in [0.717, 1.165) is 18.7 Å². The number of likely N-dealkylation sites (N-methyl/N-ethyl adjacent to an activating group) is 1. The quantitative estimate of drug-likeness (QED) is 0.554. The second kappa shape index (κ2) is 10.3. The average molecular weight is 480 g/mol. The van der Waals surface area contributed by atoms with Gasteiger partial charge in [0.05, 0.1) is 17.5 Å².